The Labute approximate surface area is 171 Å². The van der Waals surface area contributed by atoms with Gasteiger partial charge in [0.15, 0.2) is 0 Å². The molecule has 158 valence electrons. The van der Waals surface area contributed by atoms with Crippen LogP contribution in [0.3, 0.4) is 0 Å². The summed E-state index contributed by atoms with van der Waals surface area (Å²) in [6, 6.07) is 10.4. The SMILES string of the molecule is CCN(CC)S(=O)(=O)c1ccc(N(C)C)c(NCC(=O)Nc2cccc(F)c2)c1. The molecule has 7 nitrogen and oxygen atoms in total. The molecule has 0 aromatic heterocycles. The van der Waals surface area contributed by atoms with Gasteiger partial charge >= 0.3 is 0 Å². The first-order valence-corrected chi connectivity index (χ1v) is 10.7. The summed E-state index contributed by atoms with van der Waals surface area (Å²) in [5, 5.41) is 5.59. The summed E-state index contributed by atoms with van der Waals surface area (Å²) in [6.07, 6.45) is 0. The van der Waals surface area contributed by atoms with Crippen LogP contribution in [0.25, 0.3) is 0 Å². The van der Waals surface area contributed by atoms with Crippen molar-refractivity contribution in [2.45, 2.75) is 18.7 Å². The molecule has 0 bridgehead atoms. The minimum Gasteiger partial charge on any atom is -0.376 e. The van der Waals surface area contributed by atoms with Gasteiger partial charge in [0.25, 0.3) is 0 Å². The van der Waals surface area contributed by atoms with E-state index in [1.54, 1.807) is 32.0 Å². The molecule has 0 fully saturated rings. The maximum absolute atomic E-state index is 13.3. The van der Waals surface area contributed by atoms with Crippen LogP contribution in [0.1, 0.15) is 13.8 Å². The molecule has 0 aliphatic carbocycles. The van der Waals surface area contributed by atoms with Crippen molar-refractivity contribution in [1.29, 1.82) is 0 Å². The van der Waals surface area contributed by atoms with Crippen molar-refractivity contribution in [1.82, 2.24) is 4.31 Å². The second kappa shape index (κ2) is 9.71. The predicted octanol–water partition coefficient (Wildman–Crippen LogP) is 2.97. The summed E-state index contributed by atoms with van der Waals surface area (Å²) in [6.45, 7) is 4.20. The predicted molar refractivity (Wildman–Crippen MR) is 114 cm³/mol. The van der Waals surface area contributed by atoms with Gasteiger partial charge in [-0.1, -0.05) is 19.9 Å². The molecule has 0 saturated heterocycles. The number of carbonyl (C=O) groups is 1. The van der Waals surface area contributed by atoms with Gasteiger partial charge < -0.3 is 15.5 Å². The van der Waals surface area contributed by atoms with E-state index < -0.39 is 15.8 Å². The van der Waals surface area contributed by atoms with Crippen LogP contribution in [0.2, 0.25) is 0 Å². The van der Waals surface area contributed by atoms with Crippen LogP contribution < -0.4 is 15.5 Å². The fourth-order valence-corrected chi connectivity index (χ4v) is 4.35. The zero-order valence-corrected chi connectivity index (χ0v) is 17.9. The third-order valence-electron chi connectivity index (χ3n) is 4.34. The van der Waals surface area contributed by atoms with Crippen LogP contribution in [0.5, 0.6) is 0 Å². The van der Waals surface area contributed by atoms with E-state index in [0.717, 1.165) is 5.69 Å². The molecule has 0 heterocycles. The van der Waals surface area contributed by atoms with Crippen LogP contribution in [0.15, 0.2) is 47.4 Å². The van der Waals surface area contributed by atoms with E-state index in [1.165, 1.54) is 28.6 Å². The fourth-order valence-electron chi connectivity index (χ4n) is 2.87. The summed E-state index contributed by atoms with van der Waals surface area (Å²) in [4.78, 5) is 14.2. The lowest BCUT2D eigenvalue weighted by Gasteiger charge is -2.22. The number of nitrogens with one attached hydrogen (secondary N) is 2. The average Bonchev–Trinajstić information content (AvgIpc) is 2.66. The molecular formula is C20H27FN4O3S. The molecule has 2 aromatic carbocycles. The highest BCUT2D eigenvalue weighted by molar-refractivity contribution is 7.89. The zero-order valence-electron chi connectivity index (χ0n) is 17.1. The van der Waals surface area contributed by atoms with Gasteiger partial charge in [0.1, 0.15) is 5.82 Å². The maximum Gasteiger partial charge on any atom is 0.243 e. The highest BCUT2D eigenvalue weighted by Gasteiger charge is 2.23. The van der Waals surface area contributed by atoms with Crippen molar-refractivity contribution in [3.8, 4) is 0 Å². The highest BCUT2D eigenvalue weighted by Crippen LogP contribution is 2.29. The second-order valence-corrected chi connectivity index (χ2v) is 8.51. The van der Waals surface area contributed by atoms with Crippen LogP contribution in [0, 0.1) is 5.82 Å². The van der Waals surface area contributed by atoms with Gasteiger partial charge in [-0.2, -0.15) is 4.31 Å². The van der Waals surface area contributed by atoms with Gasteiger partial charge in [0.05, 0.1) is 22.8 Å². The van der Waals surface area contributed by atoms with Gasteiger partial charge in [-0.15, -0.1) is 0 Å². The Morgan fingerprint density at radius 1 is 1.07 bits per heavy atom. The maximum atomic E-state index is 13.3. The number of hydrogen-bond acceptors (Lipinski definition) is 5. The third kappa shape index (κ3) is 5.68. The molecule has 9 heteroatoms. The Kier molecular flexibility index (Phi) is 7.58. The van der Waals surface area contributed by atoms with E-state index in [4.69, 9.17) is 0 Å². The largest absolute Gasteiger partial charge is 0.376 e. The first-order chi connectivity index (χ1) is 13.7. The molecule has 2 aromatic rings. The number of sulfonamides is 1. The summed E-state index contributed by atoms with van der Waals surface area (Å²) in [7, 11) is 0.0251. The van der Waals surface area contributed by atoms with Crippen molar-refractivity contribution in [3.05, 3.63) is 48.3 Å². The van der Waals surface area contributed by atoms with Crippen molar-refractivity contribution in [3.63, 3.8) is 0 Å². The normalized spacial score (nSPS) is 11.4. The molecule has 2 rings (SSSR count). The quantitative estimate of drug-likeness (QED) is 0.649. The number of halogens is 1. The van der Waals surface area contributed by atoms with Crippen LogP contribution >= 0.6 is 0 Å². The fraction of sp³-hybridized carbons (Fsp3) is 0.350. The van der Waals surface area contributed by atoms with Crippen molar-refractivity contribution in [2.75, 3.05) is 49.3 Å². The first kappa shape index (κ1) is 22.6. The summed E-state index contributed by atoms with van der Waals surface area (Å²) in [5.74, 6) is -0.822. The van der Waals surface area contributed by atoms with E-state index in [-0.39, 0.29) is 17.3 Å². The molecule has 0 unspecified atom stereocenters. The Hall–Kier alpha value is -2.65. The second-order valence-electron chi connectivity index (χ2n) is 6.57. The molecule has 29 heavy (non-hydrogen) atoms. The summed E-state index contributed by atoms with van der Waals surface area (Å²) in [5.41, 5.74) is 1.60. The molecule has 0 aliphatic rings. The van der Waals surface area contributed by atoms with E-state index in [1.807, 2.05) is 19.0 Å². The highest BCUT2D eigenvalue weighted by atomic mass is 32.2. The molecule has 0 radical (unpaired) electrons. The minimum absolute atomic E-state index is 0.105. The lowest BCUT2D eigenvalue weighted by molar-refractivity contribution is -0.114. The lowest BCUT2D eigenvalue weighted by atomic mass is 10.2. The number of carbonyl (C=O) groups excluding carboxylic acids is 1. The topological polar surface area (TPSA) is 81.8 Å². The number of benzene rings is 2. The molecule has 0 spiro atoms. The average molecular weight is 423 g/mol. The standard InChI is InChI=1S/C20H27FN4O3S/c1-5-25(6-2)29(27,28)17-10-11-19(24(3)4)18(13-17)22-14-20(26)23-16-9-7-8-15(21)12-16/h7-13,22H,5-6,14H2,1-4H3,(H,23,26). The first-order valence-electron chi connectivity index (χ1n) is 9.29. The third-order valence-corrected chi connectivity index (χ3v) is 6.39. The van der Waals surface area contributed by atoms with E-state index >= 15 is 0 Å². The Morgan fingerprint density at radius 3 is 2.34 bits per heavy atom. The van der Waals surface area contributed by atoms with Crippen LogP contribution in [0.4, 0.5) is 21.5 Å². The van der Waals surface area contributed by atoms with Crippen molar-refractivity contribution < 1.29 is 17.6 Å². The molecule has 0 aliphatic heterocycles. The molecule has 0 atom stereocenters. The van der Waals surface area contributed by atoms with Crippen molar-refractivity contribution in [2.24, 2.45) is 0 Å². The number of nitrogens with zero attached hydrogens (tertiary/aromatic N) is 2. The minimum atomic E-state index is -3.63. The molecule has 1 amide bonds. The lowest BCUT2D eigenvalue weighted by Crippen LogP contribution is -2.30. The number of anilines is 3. The van der Waals surface area contributed by atoms with Gasteiger partial charge in [-0.05, 0) is 36.4 Å². The number of amides is 1. The van der Waals surface area contributed by atoms with Crippen LogP contribution in [-0.2, 0) is 14.8 Å². The number of rotatable bonds is 9. The van der Waals surface area contributed by atoms with E-state index in [9.17, 15) is 17.6 Å². The number of hydrogen-bond donors (Lipinski definition) is 2. The van der Waals surface area contributed by atoms with E-state index in [2.05, 4.69) is 10.6 Å². The van der Waals surface area contributed by atoms with Gasteiger partial charge in [-0.25, -0.2) is 12.8 Å². The van der Waals surface area contributed by atoms with Gasteiger partial charge in [-0.3, -0.25) is 4.79 Å². The molecule has 2 N–H and O–H groups in total. The van der Waals surface area contributed by atoms with Crippen LogP contribution in [-0.4, -0.2) is 52.4 Å². The van der Waals surface area contributed by atoms with Crippen molar-refractivity contribution >= 4 is 33.0 Å². The molecule has 0 saturated carbocycles. The Bertz CT molecular complexity index is 960. The summed E-state index contributed by atoms with van der Waals surface area (Å²) >= 11 is 0. The monoisotopic (exact) mass is 422 g/mol. The van der Waals surface area contributed by atoms with E-state index in [0.29, 0.717) is 24.5 Å². The zero-order chi connectivity index (χ0) is 21.6. The molecular weight excluding hydrogens is 395 g/mol. The Morgan fingerprint density at radius 2 is 1.76 bits per heavy atom. The van der Waals surface area contributed by atoms with Gasteiger partial charge in [0.2, 0.25) is 15.9 Å². The Balaban J connectivity index is 2.22. The van der Waals surface area contributed by atoms with Gasteiger partial charge in [0, 0.05) is 32.9 Å². The summed E-state index contributed by atoms with van der Waals surface area (Å²) < 4.78 is 40.2. The smallest absolute Gasteiger partial charge is 0.243 e.